The Labute approximate surface area is 181 Å². The van der Waals surface area contributed by atoms with E-state index in [9.17, 15) is 9.59 Å². The van der Waals surface area contributed by atoms with Crippen molar-refractivity contribution in [2.24, 2.45) is 0 Å². The van der Waals surface area contributed by atoms with Crippen molar-refractivity contribution < 1.29 is 14.1 Å². The number of hydrogen-bond acceptors (Lipinski definition) is 6. The number of benzene rings is 1. The highest BCUT2D eigenvalue weighted by atomic mass is 16.5. The fourth-order valence-corrected chi connectivity index (χ4v) is 3.32. The summed E-state index contributed by atoms with van der Waals surface area (Å²) < 4.78 is 12.1. The molecule has 0 unspecified atom stereocenters. The molecule has 1 aromatic carbocycles. The molecule has 1 N–H and O–H groups in total. The highest BCUT2D eigenvalue weighted by Gasteiger charge is 2.16. The molecule has 0 aliphatic carbocycles. The summed E-state index contributed by atoms with van der Waals surface area (Å²) in [6.07, 6.45) is 1.35. The van der Waals surface area contributed by atoms with E-state index in [-0.39, 0.29) is 29.8 Å². The number of aryl methyl sites for hydroxylation is 2. The molecular weight excluding hydrogens is 396 g/mol. The van der Waals surface area contributed by atoms with Gasteiger partial charge in [0.15, 0.2) is 0 Å². The smallest absolute Gasteiger partial charge is 0.261 e. The van der Waals surface area contributed by atoms with Crippen LogP contribution < -0.4 is 15.6 Å². The third-order valence-corrected chi connectivity index (χ3v) is 5.11. The van der Waals surface area contributed by atoms with E-state index in [0.29, 0.717) is 24.4 Å². The molecule has 164 valence electrons. The summed E-state index contributed by atoms with van der Waals surface area (Å²) in [5.74, 6) is 1.22. The summed E-state index contributed by atoms with van der Waals surface area (Å²) in [5.41, 5.74) is 2.13. The SMILES string of the molecule is CCCn1c(C)ccc(-c2noc(CCC(=O)N[C@H](C)c3ccc(OC)cc3)n2)c1=O. The minimum Gasteiger partial charge on any atom is -0.497 e. The number of methoxy groups -OCH3 is 1. The average molecular weight is 425 g/mol. The van der Waals surface area contributed by atoms with Gasteiger partial charge in [0, 0.05) is 25.1 Å². The topological polar surface area (TPSA) is 99.2 Å². The van der Waals surface area contributed by atoms with E-state index < -0.39 is 0 Å². The van der Waals surface area contributed by atoms with Crippen molar-refractivity contribution in [3.05, 3.63) is 63.9 Å². The zero-order valence-corrected chi connectivity index (χ0v) is 18.3. The Morgan fingerprint density at radius 1 is 1.23 bits per heavy atom. The second-order valence-corrected chi connectivity index (χ2v) is 7.42. The van der Waals surface area contributed by atoms with Crippen LogP contribution in [0, 0.1) is 6.92 Å². The lowest BCUT2D eigenvalue weighted by Gasteiger charge is -2.14. The number of carbonyl (C=O) groups excluding carboxylic acids is 1. The highest BCUT2D eigenvalue weighted by Crippen LogP contribution is 2.18. The van der Waals surface area contributed by atoms with Gasteiger partial charge in [0.2, 0.25) is 17.6 Å². The molecule has 0 saturated heterocycles. The van der Waals surface area contributed by atoms with E-state index in [4.69, 9.17) is 9.26 Å². The van der Waals surface area contributed by atoms with Crippen LogP contribution in [0.5, 0.6) is 5.75 Å². The van der Waals surface area contributed by atoms with Crippen molar-refractivity contribution in [3.8, 4) is 17.1 Å². The molecule has 0 bridgehead atoms. The zero-order chi connectivity index (χ0) is 22.4. The van der Waals surface area contributed by atoms with Crippen molar-refractivity contribution in [3.63, 3.8) is 0 Å². The maximum atomic E-state index is 12.7. The second-order valence-electron chi connectivity index (χ2n) is 7.42. The number of nitrogens with one attached hydrogen (secondary N) is 1. The minimum absolute atomic E-state index is 0.122. The Balaban J connectivity index is 1.60. The van der Waals surface area contributed by atoms with E-state index in [1.54, 1.807) is 17.7 Å². The number of carbonyl (C=O) groups is 1. The second kappa shape index (κ2) is 10.1. The van der Waals surface area contributed by atoms with Gasteiger partial charge in [-0.2, -0.15) is 4.98 Å². The lowest BCUT2D eigenvalue weighted by molar-refractivity contribution is -0.121. The lowest BCUT2D eigenvalue weighted by atomic mass is 10.1. The van der Waals surface area contributed by atoms with Gasteiger partial charge in [0.25, 0.3) is 5.56 Å². The first-order valence-corrected chi connectivity index (χ1v) is 10.4. The van der Waals surface area contributed by atoms with Gasteiger partial charge >= 0.3 is 0 Å². The molecule has 2 heterocycles. The van der Waals surface area contributed by atoms with Crippen molar-refractivity contribution in [1.29, 1.82) is 0 Å². The van der Waals surface area contributed by atoms with Gasteiger partial charge in [0.1, 0.15) is 5.75 Å². The first-order valence-electron chi connectivity index (χ1n) is 10.4. The van der Waals surface area contributed by atoms with Gasteiger partial charge in [-0.25, -0.2) is 0 Å². The van der Waals surface area contributed by atoms with Crippen LogP contribution in [0.2, 0.25) is 0 Å². The number of ether oxygens (including phenoxy) is 1. The summed E-state index contributed by atoms with van der Waals surface area (Å²) >= 11 is 0. The molecule has 31 heavy (non-hydrogen) atoms. The normalized spacial score (nSPS) is 11.9. The molecular formula is C23H28N4O4. The van der Waals surface area contributed by atoms with Gasteiger partial charge in [-0.15, -0.1) is 0 Å². The summed E-state index contributed by atoms with van der Waals surface area (Å²) in [5, 5.41) is 6.89. The van der Waals surface area contributed by atoms with Crippen molar-refractivity contribution in [1.82, 2.24) is 20.0 Å². The van der Waals surface area contributed by atoms with Crippen LogP contribution in [0.25, 0.3) is 11.4 Å². The fourth-order valence-electron chi connectivity index (χ4n) is 3.32. The molecule has 8 heteroatoms. The Morgan fingerprint density at radius 3 is 2.65 bits per heavy atom. The predicted molar refractivity (Wildman–Crippen MR) is 117 cm³/mol. The highest BCUT2D eigenvalue weighted by molar-refractivity contribution is 5.76. The van der Waals surface area contributed by atoms with E-state index in [1.807, 2.05) is 51.1 Å². The number of hydrogen-bond donors (Lipinski definition) is 1. The van der Waals surface area contributed by atoms with Crippen molar-refractivity contribution in [2.75, 3.05) is 7.11 Å². The van der Waals surface area contributed by atoms with Gasteiger partial charge < -0.3 is 19.1 Å². The number of amides is 1. The summed E-state index contributed by atoms with van der Waals surface area (Å²) in [6, 6.07) is 11.0. The molecule has 1 atom stereocenters. The molecule has 0 saturated carbocycles. The Morgan fingerprint density at radius 2 is 1.97 bits per heavy atom. The molecule has 0 fully saturated rings. The first-order chi connectivity index (χ1) is 14.9. The van der Waals surface area contributed by atoms with Gasteiger partial charge in [-0.3, -0.25) is 9.59 Å². The fraction of sp³-hybridized carbons (Fsp3) is 0.391. The van der Waals surface area contributed by atoms with Gasteiger partial charge in [0.05, 0.1) is 18.7 Å². The number of nitrogens with zero attached hydrogens (tertiary/aromatic N) is 3. The number of aromatic nitrogens is 3. The molecule has 3 aromatic rings. The van der Waals surface area contributed by atoms with Crippen LogP contribution in [0.4, 0.5) is 0 Å². The molecule has 0 radical (unpaired) electrons. The predicted octanol–water partition coefficient (Wildman–Crippen LogP) is 3.44. The average Bonchev–Trinajstić information content (AvgIpc) is 3.24. The van der Waals surface area contributed by atoms with E-state index in [1.165, 1.54) is 0 Å². The number of rotatable bonds is 9. The molecule has 0 spiro atoms. The van der Waals surface area contributed by atoms with Crippen LogP contribution in [0.15, 0.2) is 45.7 Å². The third-order valence-electron chi connectivity index (χ3n) is 5.11. The molecule has 3 rings (SSSR count). The van der Waals surface area contributed by atoms with Gasteiger partial charge in [-0.1, -0.05) is 24.2 Å². The van der Waals surface area contributed by atoms with Gasteiger partial charge in [-0.05, 0) is 50.1 Å². The molecule has 0 aliphatic heterocycles. The third kappa shape index (κ3) is 5.39. The standard InChI is InChI=1S/C23H28N4O4/c1-5-14-27-15(2)6-11-19(23(27)29)22-25-21(31-26-22)13-12-20(28)24-16(3)17-7-9-18(30-4)10-8-17/h6-11,16H,5,12-14H2,1-4H3,(H,24,28)/t16-/m1/s1. The summed E-state index contributed by atoms with van der Waals surface area (Å²) in [7, 11) is 1.61. The van der Waals surface area contributed by atoms with Crippen LogP contribution in [0.3, 0.4) is 0 Å². The maximum absolute atomic E-state index is 12.7. The number of pyridine rings is 1. The Bertz CT molecular complexity index is 1090. The first kappa shape index (κ1) is 22.3. The van der Waals surface area contributed by atoms with Crippen LogP contribution in [-0.2, 0) is 17.8 Å². The van der Waals surface area contributed by atoms with E-state index in [2.05, 4.69) is 15.5 Å². The lowest BCUT2D eigenvalue weighted by Crippen LogP contribution is -2.26. The van der Waals surface area contributed by atoms with Crippen molar-refractivity contribution >= 4 is 5.91 Å². The quantitative estimate of drug-likeness (QED) is 0.565. The van der Waals surface area contributed by atoms with E-state index >= 15 is 0 Å². The maximum Gasteiger partial charge on any atom is 0.261 e. The molecule has 0 aliphatic rings. The molecule has 8 nitrogen and oxygen atoms in total. The van der Waals surface area contributed by atoms with Crippen LogP contribution in [0.1, 0.15) is 49.9 Å². The molecule has 2 aromatic heterocycles. The Kier molecular flexibility index (Phi) is 7.23. The van der Waals surface area contributed by atoms with Crippen LogP contribution in [-0.4, -0.2) is 27.7 Å². The van der Waals surface area contributed by atoms with Crippen LogP contribution >= 0.6 is 0 Å². The van der Waals surface area contributed by atoms with Crippen molar-refractivity contribution in [2.45, 2.75) is 52.6 Å². The van der Waals surface area contributed by atoms with E-state index in [0.717, 1.165) is 23.4 Å². The summed E-state index contributed by atoms with van der Waals surface area (Å²) in [6.45, 7) is 6.47. The zero-order valence-electron chi connectivity index (χ0n) is 18.3. The molecule has 1 amide bonds. The largest absolute Gasteiger partial charge is 0.497 e. The monoisotopic (exact) mass is 424 g/mol. The summed E-state index contributed by atoms with van der Waals surface area (Å²) in [4.78, 5) is 29.4. The Hall–Kier alpha value is -3.42. The minimum atomic E-state index is -0.139.